The number of nitrogens with one attached hydrogen (secondary N) is 1. The van der Waals surface area contributed by atoms with Gasteiger partial charge in [0.1, 0.15) is 0 Å². The third-order valence-electron chi connectivity index (χ3n) is 2.75. The second-order valence-corrected chi connectivity index (χ2v) is 6.03. The fraction of sp³-hybridized carbons (Fsp3) is 0.500. The van der Waals surface area contributed by atoms with Crippen LogP contribution < -0.4 is 5.32 Å². The standard InChI is InChI=1S/C16H25NS/c1-5-10-17-15(11-13(2)3)12-18-16-8-6-14(4)7-9-16/h6-9,15,17H,2,5,10-12H2,1,3-4H3. The zero-order chi connectivity index (χ0) is 13.4. The molecule has 18 heavy (non-hydrogen) atoms. The molecular weight excluding hydrogens is 238 g/mol. The summed E-state index contributed by atoms with van der Waals surface area (Å²) in [7, 11) is 0. The van der Waals surface area contributed by atoms with Gasteiger partial charge in [-0.3, -0.25) is 0 Å². The van der Waals surface area contributed by atoms with Gasteiger partial charge in [0.2, 0.25) is 0 Å². The number of rotatable bonds is 8. The maximum Gasteiger partial charge on any atom is 0.0198 e. The quantitative estimate of drug-likeness (QED) is 0.550. The summed E-state index contributed by atoms with van der Waals surface area (Å²) in [6.07, 6.45) is 2.25. The Kier molecular flexibility index (Phi) is 7.14. The molecule has 1 N–H and O–H groups in total. The molecule has 0 aliphatic heterocycles. The highest BCUT2D eigenvalue weighted by Crippen LogP contribution is 2.20. The second-order valence-electron chi connectivity index (χ2n) is 4.94. The highest BCUT2D eigenvalue weighted by Gasteiger charge is 2.08. The van der Waals surface area contributed by atoms with E-state index in [1.165, 1.54) is 22.5 Å². The van der Waals surface area contributed by atoms with Gasteiger partial charge in [0.25, 0.3) is 0 Å². The molecule has 1 unspecified atom stereocenters. The molecule has 0 bridgehead atoms. The Bertz CT molecular complexity index is 356. The number of aryl methyl sites for hydroxylation is 1. The zero-order valence-corrected chi connectivity index (χ0v) is 12.6. The molecule has 0 spiro atoms. The maximum absolute atomic E-state index is 4.02. The van der Waals surface area contributed by atoms with Crippen molar-refractivity contribution in [2.75, 3.05) is 12.3 Å². The number of thioether (sulfide) groups is 1. The van der Waals surface area contributed by atoms with Gasteiger partial charge in [-0.25, -0.2) is 0 Å². The predicted octanol–water partition coefficient (Wildman–Crippen LogP) is 4.42. The first kappa shape index (κ1) is 15.3. The van der Waals surface area contributed by atoms with Crippen LogP contribution in [0.2, 0.25) is 0 Å². The van der Waals surface area contributed by atoms with Crippen molar-refractivity contribution in [1.82, 2.24) is 5.32 Å². The van der Waals surface area contributed by atoms with Crippen molar-refractivity contribution in [3.05, 3.63) is 42.0 Å². The lowest BCUT2D eigenvalue weighted by Gasteiger charge is -2.18. The van der Waals surface area contributed by atoms with E-state index in [1.807, 2.05) is 11.8 Å². The Morgan fingerprint density at radius 2 is 2.00 bits per heavy atom. The van der Waals surface area contributed by atoms with Crippen molar-refractivity contribution < 1.29 is 0 Å². The number of hydrogen-bond acceptors (Lipinski definition) is 2. The molecular formula is C16H25NS. The second kappa shape index (κ2) is 8.39. The first-order chi connectivity index (χ1) is 8.61. The first-order valence-electron chi connectivity index (χ1n) is 6.69. The minimum Gasteiger partial charge on any atom is -0.313 e. The lowest BCUT2D eigenvalue weighted by Crippen LogP contribution is -2.32. The Hall–Kier alpha value is -0.730. The van der Waals surface area contributed by atoms with Crippen LogP contribution in [-0.2, 0) is 0 Å². The van der Waals surface area contributed by atoms with E-state index in [1.54, 1.807) is 0 Å². The van der Waals surface area contributed by atoms with Crippen LogP contribution in [0.25, 0.3) is 0 Å². The number of hydrogen-bond donors (Lipinski definition) is 1. The molecule has 1 rings (SSSR count). The average Bonchev–Trinajstić information content (AvgIpc) is 2.34. The maximum atomic E-state index is 4.02. The minimum absolute atomic E-state index is 0.536. The summed E-state index contributed by atoms with van der Waals surface area (Å²) < 4.78 is 0. The largest absolute Gasteiger partial charge is 0.313 e. The van der Waals surface area contributed by atoms with Crippen LogP contribution in [0.15, 0.2) is 41.3 Å². The Morgan fingerprint density at radius 3 is 2.56 bits per heavy atom. The topological polar surface area (TPSA) is 12.0 Å². The third-order valence-corrected chi connectivity index (χ3v) is 3.92. The molecule has 0 heterocycles. The van der Waals surface area contributed by atoms with Crippen LogP contribution in [0.5, 0.6) is 0 Å². The molecule has 100 valence electrons. The number of benzene rings is 1. The van der Waals surface area contributed by atoms with Gasteiger partial charge in [-0.05, 0) is 45.4 Å². The van der Waals surface area contributed by atoms with E-state index in [0.29, 0.717) is 6.04 Å². The van der Waals surface area contributed by atoms with Crippen molar-refractivity contribution in [2.45, 2.75) is 44.6 Å². The Balaban J connectivity index is 2.44. The molecule has 1 atom stereocenters. The van der Waals surface area contributed by atoms with Gasteiger partial charge in [0, 0.05) is 16.7 Å². The summed E-state index contributed by atoms with van der Waals surface area (Å²) in [4.78, 5) is 1.35. The molecule has 0 aromatic heterocycles. The van der Waals surface area contributed by atoms with E-state index in [2.05, 4.69) is 56.9 Å². The molecule has 1 aromatic rings. The third kappa shape index (κ3) is 6.27. The fourth-order valence-electron chi connectivity index (χ4n) is 1.79. The van der Waals surface area contributed by atoms with Gasteiger partial charge in [-0.1, -0.05) is 30.2 Å². The van der Waals surface area contributed by atoms with Crippen molar-refractivity contribution in [3.63, 3.8) is 0 Å². The summed E-state index contributed by atoms with van der Waals surface area (Å²) >= 11 is 1.93. The molecule has 0 radical (unpaired) electrons. The zero-order valence-electron chi connectivity index (χ0n) is 11.8. The predicted molar refractivity (Wildman–Crippen MR) is 83.4 cm³/mol. The summed E-state index contributed by atoms with van der Waals surface area (Å²) in [6, 6.07) is 9.30. The van der Waals surface area contributed by atoms with Gasteiger partial charge < -0.3 is 5.32 Å². The summed E-state index contributed by atoms with van der Waals surface area (Å²) in [5.41, 5.74) is 2.58. The van der Waals surface area contributed by atoms with Gasteiger partial charge in [0.05, 0.1) is 0 Å². The highest BCUT2D eigenvalue weighted by atomic mass is 32.2. The van der Waals surface area contributed by atoms with Crippen molar-refractivity contribution in [2.24, 2.45) is 0 Å². The monoisotopic (exact) mass is 263 g/mol. The Morgan fingerprint density at radius 1 is 1.33 bits per heavy atom. The molecule has 0 saturated heterocycles. The van der Waals surface area contributed by atoms with E-state index in [-0.39, 0.29) is 0 Å². The fourth-order valence-corrected chi connectivity index (χ4v) is 2.75. The van der Waals surface area contributed by atoms with E-state index < -0.39 is 0 Å². The van der Waals surface area contributed by atoms with E-state index in [9.17, 15) is 0 Å². The van der Waals surface area contributed by atoms with Crippen LogP contribution in [0.3, 0.4) is 0 Å². The van der Waals surface area contributed by atoms with Gasteiger partial charge in [0.15, 0.2) is 0 Å². The SMILES string of the molecule is C=C(C)CC(CSc1ccc(C)cc1)NCCC. The van der Waals surface area contributed by atoms with Crippen molar-refractivity contribution in [1.29, 1.82) is 0 Å². The molecule has 1 nitrogen and oxygen atoms in total. The smallest absolute Gasteiger partial charge is 0.0198 e. The van der Waals surface area contributed by atoms with Crippen LogP contribution in [-0.4, -0.2) is 18.3 Å². The van der Waals surface area contributed by atoms with Crippen molar-refractivity contribution >= 4 is 11.8 Å². The van der Waals surface area contributed by atoms with Crippen LogP contribution >= 0.6 is 11.8 Å². The van der Waals surface area contributed by atoms with Crippen LogP contribution in [0.1, 0.15) is 32.3 Å². The molecule has 0 saturated carbocycles. The summed E-state index contributed by atoms with van der Waals surface area (Å²) in [5, 5.41) is 3.60. The molecule has 0 fully saturated rings. The Labute approximate surface area is 116 Å². The van der Waals surface area contributed by atoms with Crippen LogP contribution in [0, 0.1) is 6.92 Å². The molecule has 0 amide bonds. The summed E-state index contributed by atoms with van der Waals surface area (Å²) in [5.74, 6) is 1.11. The average molecular weight is 263 g/mol. The first-order valence-corrected chi connectivity index (χ1v) is 7.67. The van der Waals surface area contributed by atoms with Gasteiger partial charge in [-0.2, -0.15) is 0 Å². The molecule has 2 heteroatoms. The minimum atomic E-state index is 0.536. The van der Waals surface area contributed by atoms with E-state index in [4.69, 9.17) is 0 Å². The molecule has 0 aliphatic rings. The lowest BCUT2D eigenvalue weighted by atomic mass is 10.1. The molecule has 1 aromatic carbocycles. The lowest BCUT2D eigenvalue weighted by molar-refractivity contribution is 0.549. The normalized spacial score (nSPS) is 12.4. The molecule has 0 aliphatic carbocycles. The van der Waals surface area contributed by atoms with Crippen LogP contribution in [0.4, 0.5) is 0 Å². The van der Waals surface area contributed by atoms with E-state index in [0.717, 1.165) is 18.7 Å². The van der Waals surface area contributed by atoms with Crippen molar-refractivity contribution in [3.8, 4) is 0 Å². The van der Waals surface area contributed by atoms with Gasteiger partial charge >= 0.3 is 0 Å². The van der Waals surface area contributed by atoms with Gasteiger partial charge in [-0.15, -0.1) is 18.3 Å². The highest BCUT2D eigenvalue weighted by molar-refractivity contribution is 7.99. The van der Waals surface area contributed by atoms with E-state index >= 15 is 0 Å². The summed E-state index contributed by atoms with van der Waals surface area (Å²) in [6.45, 7) is 11.6.